The zero-order chi connectivity index (χ0) is 20.2. The quantitative estimate of drug-likeness (QED) is 0.395. The standard InChI is InChI=1S/C22H16ClNO4S/c1-26-19-12-14(7-8-18(19)27-13-15-4-2-5-16(23)10-15)11-17-22(25)28-21(24-17)20-6-3-9-29-20/h2-12H,13H2,1H3/b17-11+. The molecule has 1 aliphatic rings. The first-order chi connectivity index (χ1) is 14.1. The Morgan fingerprint density at radius 1 is 1.14 bits per heavy atom. The van der Waals surface area contributed by atoms with E-state index in [-0.39, 0.29) is 5.70 Å². The summed E-state index contributed by atoms with van der Waals surface area (Å²) in [6.07, 6.45) is 1.66. The second-order valence-electron chi connectivity index (χ2n) is 6.14. The molecule has 0 N–H and O–H groups in total. The predicted molar refractivity (Wildman–Crippen MR) is 114 cm³/mol. The van der Waals surface area contributed by atoms with Gasteiger partial charge >= 0.3 is 5.97 Å². The lowest BCUT2D eigenvalue weighted by molar-refractivity contribution is -0.129. The Kier molecular flexibility index (Phi) is 5.64. The number of hydrogen-bond donors (Lipinski definition) is 0. The van der Waals surface area contributed by atoms with Crippen LogP contribution in [0.4, 0.5) is 0 Å². The van der Waals surface area contributed by atoms with Crippen molar-refractivity contribution in [3.05, 3.63) is 86.7 Å². The summed E-state index contributed by atoms with van der Waals surface area (Å²) in [5.74, 6) is 0.986. The van der Waals surface area contributed by atoms with Crippen molar-refractivity contribution in [1.29, 1.82) is 0 Å². The first-order valence-electron chi connectivity index (χ1n) is 8.74. The molecule has 0 bridgehead atoms. The Bertz CT molecular complexity index is 1110. The Morgan fingerprint density at radius 2 is 2.03 bits per heavy atom. The number of hydrogen-bond acceptors (Lipinski definition) is 6. The fourth-order valence-electron chi connectivity index (χ4n) is 2.75. The summed E-state index contributed by atoms with van der Waals surface area (Å²) in [7, 11) is 1.56. The number of thiophene rings is 1. The lowest BCUT2D eigenvalue weighted by atomic mass is 10.1. The molecule has 2 heterocycles. The van der Waals surface area contributed by atoms with Crippen LogP contribution in [0.1, 0.15) is 16.0 Å². The fourth-order valence-corrected chi connectivity index (χ4v) is 3.62. The van der Waals surface area contributed by atoms with Gasteiger partial charge in [-0.25, -0.2) is 9.79 Å². The minimum atomic E-state index is -0.478. The summed E-state index contributed by atoms with van der Waals surface area (Å²) < 4.78 is 16.6. The van der Waals surface area contributed by atoms with Gasteiger partial charge in [0.25, 0.3) is 0 Å². The molecule has 2 aromatic carbocycles. The van der Waals surface area contributed by atoms with Crippen molar-refractivity contribution < 1.29 is 19.0 Å². The number of benzene rings is 2. The first-order valence-corrected chi connectivity index (χ1v) is 10.00. The van der Waals surface area contributed by atoms with Crippen LogP contribution in [0.15, 0.2) is 70.7 Å². The minimum absolute atomic E-state index is 0.239. The van der Waals surface area contributed by atoms with E-state index in [9.17, 15) is 4.79 Å². The van der Waals surface area contributed by atoms with Crippen molar-refractivity contribution in [2.24, 2.45) is 4.99 Å². The van der Waals surface area contributed by atoms with Crippen LogP contribution in [0.5, 0.6) is 11.5 Å². The highest BCUT2D eigenvalue weighted by molar-refractivity contribution is 7.12. The topological polar surface area (TPSA) is 57.1 Å². The molecule has 146 valence electrons. The lowest BCUT2D eigenvalue weighted by Gasteiger charge is -2.11. The van der Waals surface area contributed by atoms with E-state index in [1.807, 2.05) is 47.8 Å². The van der Waals surface area contributed by atoms with Gasteiger partial charge in [0.1, 0.15) is 6.61 Å². The molecule has 1 aliphatic heterocycles. The van der Waals surface area contributed by atoms with E-state index >= 15 is 0 Å². The molecule has 0 unspecified atom stereocenters. The van der Waals surface area contributed by atoms with Crippen molar-refractivity contribution in [2.75, 3.05) is 7.11 Å². The first kappa shape index (κ1) is 19.2. The average Bonchev–Trinajstić information content (AvgIpc) is 3.37. The molecule has 0 aliphatic carbocycles. The van der Waals surface area contributed by atoms with Crippen molar-refractivity contribution in [2.45, 2.75) is 6.61 Å². The maximum absolute atomic E-state index is 12.1. The summed E-state index contributed by atoms with van der Waals surface area (Å²) in [6, 6.07) is 16.6. The Morgan fingerprint density at radius 3 is 2.79 bits per heavy atom. The number of esters is 1. The third kappa shape index (κ3) is 4.50. The largest absolute Gasteiger partial charge is 0.493 e. The highest BCUT2D eigenvalue weighted by Crippen LogP contribution is 2.31. The van der Waals surface area contributed by atoms with E-state index in [4.69, 9.17) is 25.8 Å². The number of ether oxygens (including phenoxy) is 3. The van der Waals surface area contributed by atoms with E-state index in [0.29, 0.717) is 29.0 Å². The molecule has 29 heavy (non-hydrogen) atoms. The van der Waals surface area contributed by atoms with Crippen LogP contribution in [-0.4, -0.2) is 19.0 Å². The SMILES string of the molecule is COc1cc(/C=C2/N=C(c3cccs3)OC2=O)ccc1OCc1cccc(Cl)c1. The van der Waals surface area contributed by atoms with Gasteiger partial charge in [-0.05, 0) is 52.9 Å². The van der Waals surface area contributed by atoms with Crippen LogP contribution in [0.2, 0.25) is 5.02 Å². The van der Waals surface area contributed by atoms with Crippen LogP contribution in [0.3, 0.4) is 0 Å². The Hall–Kier alpha value is -3.09. The molecule has 0 radical (unpaired) electrons. The van der Waals surface area contributed by atoms with E-state index < -0.39 is 5.97 Å². The van der Waals surface area contributed by atoms with Crippen LogP contribution in [0.25, 0.3) is 6.08 Å². The molecule has 0 fully saturated rings. The number of nitrogens with zero attached hydrogens (tertiary/aromatic N) is 1. The van der Waals surface area contributed by atoms with Gasteiger partial charge in [0.05, 0.1) is 12.0 Å². The van der Waals surface area contributed by atoms with Crippen molar-refractivity contribution in [3.63, 3.8) is 0 Å². The van der Waals surface area contributed by atoms with Gasteiger partial charge in [0.2, 0.25) is 5.90 Å². The lowest BCUT2D eigenvalue weighted by Crippen LogP contribution is -2.03. The van der Waals surface area contributed by atoms with E-state index in [1.54, 1.807) is 25.3 Å². The van der Waals surface area contributed by atoms with Gasteiger partial charge in [0, 0.05) is 5.02 Å². The second kappa shape index (κ2) is 8.51. The predicted octanol–water partition coefficient (Wildman–Crippen LogP) is 5.33. The van der Waals surface area contributed by atoms with Gasteiger partial charge in [-0.15, -0.1) is 11.3 Å². The van der Waals surface area contributed by atoms with Crippen molar-refractivity contribution >= 4 is 40.9 Å². The number of carbonyl (C=O) groups excluding carboxylic acids is 1. The summed E-state index contributed by atoms with van der Waals surface area (Å²) in [5, 5.41) is 2.56. The molecule has 0 saturated carbocycles. The molecule has 0 atom stereocenters. The van der Waals surface area contributed by atoms with Crippen molar-refractivity contribution in [3.8, 4) is 11.5 Å². The van der Waals surface area contributed by atoms with Gasteiger partial charge in [-0.1, -0.05) is 35.9 Å². The normalized spacial score (nSPS) is 14.6. The van der Waals surface area contributed by atoms with Crippen LogP contribution >= 0.6 is 22.9 Å². The van der Waals surface area contributed by atoms with Crippen LogP contribution in [0, 0.1) is 0 Å². The van der Waals surface area contributed by atoms with E-state index in [1.165, 1.54) is 11.3 Å². The third-order valence-corrected chi connectivity index (χ3v) is 5.22. The van der Waals surface area contributed by atoms with Gasteiger partial charge in [-0.2, -0.15) is 0 Å². The Labute approximate surface area is 176 Å². The third-order valence-electron chi connectivity index (χ3n) is 4.13. The number of halogens is 1. The van der Waals surface area contributed by atoms with Gasteiger partial charge in [0.15, 0.2) is 17.2 Å². The van der Waals surface area contributed by atoms with Crippen LogP contribution < -0.4 is 9.47 Å². The van der Waals surface area contributed by atoms with Gasteiger partial charge in [-0.3, -0.25) is 0 Å². The molecule has 4 rings (SSSR count). The molecule has 3 aromatic rings. The number of aliphatic imine (C=N–C) groups is 1. The van der Waals surface area contributed by atoms with Gasteiger partial charge < -0.3 is 14.2 Å². The minimum Gasteiger partial charge on any atom is -0.493 e. The summed E-state index contributed by atoms with van der Waals surface area (Å²) in [4.78, 5) is 17.2. The zero-order valence-corrected chi connectivity index (χ0v) is 17.0. The summed E-state index contributed by atoms with van der Waals surface area (Å²) >= 11 is 7.47. The number of rotatable bonds is 6. The second-order valence-corrected chi connectivity index (χ2v) is 7.53. The van der Waals surface area contributed by atoms with E-state index in [2.05, 4.69) is 4.99 Å². The fraction of sp³-hybridized carbons (Fsp3) is 0.0909. The number of carbonyl (C=O) groups is 1. The summed E-state index contributed by atoms with van der Waals surface area (Å²) in [5.41, 5.74) is 1.94. The molecule has 7 heteroatoms. The monoisotopic (exact) mass is 425 g/mol. The maximum Gasteiger partial charge on any atom is 0.363 e. The smallest absolute Gasteiger partial charge is 0.363 e. The number of cyclic esters (lactones) is 1. The maximum atomic E-state index is 12.1. The average molecular weight is 426 g/mol. The highest BCUT2D eigenvalue weighted by Gasteiger charge is 2.24. The molecule has 0 amide bonds. The highest BCUT2D eigenvalue weighted by atomic mass is 35.5. The zero-order valence-electron chi connectivity index (χ0n) is 15.4. The summed E-state index contributed by atoms with van der Waals surface area (Å²) in [6.45, 7) is 0.359. The molecule has 0 saturated heterocycles. The van der Waals surface area contributed by atoms with Crippen molar-refractivity contribution in [1.82, 2.24) is 0 Å². The van der Waals surface area contributed by atoms with E-state index in [0.717, 1.165) is 16.0 Å². The molecule has 0 spiro atoms. The Balaban J connectivity index is 1.53. The molecule has 1 aromatic heterocycles. The number of methoxy groups -OCH3 is 1. The molecule has 5 nitrogen and oxygen atoms in total. The molecular weight excluding hydrogens is 410 g/mol. The van der Waals surface area contributed by atoms with Crippen LogP contribution in [-0.2, 0) is 16.1 Å². The molecular formula is C22H16ClNO4S.